The summed E-state index contributed by atoms with van der Waals surface area (Å²) in [6.45, 7) is 2.06. The lowest BCUT2D eigenvalue weighted by Crippen LogP contribution is -1.83. The Balaban J connectivity index is 0.000001000. The predicted molar refractivity (Wildman–Crippen MR) is 52.2 cm³/mol. The lowest BCUT2D eigenvalue weighted by molar-refractivity contribution is 0.609. The van der Waals surface area contributed by atoms with Crippen molar-refractivity contribution in [3.8, 4) is 5.75 Å². The van der Waals surface area contributed by atoms with Crippen LogP contribution in [-0.2, 0) is 6.42 Å². The van der Waals surface area contributed by atoms with E-state index >= 15 is 0 Å². The van der Waals surface area contributed by atoms with Crippen LogP contribution in [0, 0.1) is 0 Å². The van der Waals surface area contributed by atoms with Crippen molar-refractivity contribution in [3.63, 3.8) is 0 Å². The first-order valence-electron chi connectivity index (χ1n) is 3.25. The van der Waals surface area contributed by atoms with E-state index in [1.54, 1.807) is 0 Å². The van der Waals surface area contributed by atoms with E-state index in [9.17, 15) is 0 Å². The molecule has 0 radical (unpaired) electrons. The van der Waals surface area contributed by atoms with Gasteiger partial charge in [-0.1, -0.05) is 25.1 Å². The van der Waals surface area contributed by atoms with Gasteiger partial charge in [-0.25, -0.2) is 0 Å². The molecular weight excluding hydrogens is 175 g/mol. The third-order valence-electron chi connectivity index (χ3n) is 1.44. The standard InChI is InChI=1S/C8H9ClO.Al.3H/c1-2-7-5-3-4-6-8(7)10-9;;;;/h3-6H,2H2,1H3;;;;. The summed E-state index contributed by atoms with van der Waals surface area (Å²) in [5, 5.41) is 0. The van der Waals surface area contributed by atoms with Crippen molar-refractivity contribution < 1.29 is 4.29 Å². The monoisotopic (exact) mass is 186 g/mol. The zero-order valence-electron chi connectivity index (χ0n) is 5.80. The second-order valence-corrected chi connectivity index (χ2v) is 2.19. The molecule has 0 N–H and O–H groups in total. The second-order valence-electron chi connectivity index (χ2n) is 2.04. The number of aryl methyl sites for hydroxylation is 1. The molecule has 1 rings (SSSR count). The van der Waals surface area contributed by atoms with E-state index in [1.807, 2.05) is 24.3 Å². The Morgan fingerprint density at radius 3 is 2.45 bits per heavy atom. The highest BCUT2D eigenvalue weighted by Gasteiger charge is 1.97. The van der Waals surface area contributed by atoms with E-state index in [4.69, 9.17) is 11.9 Å². The van der Waals surface area contributed by atoms with Crippen LogP contribution in [0.5, 0.6) is 5.75 Å². The van der Waals surface area contributed by atoms with Crippen LogP contribution in [-0.4, -0.2) is 17.4 Å². The number of hydrogen-bond acceptors (Lipinski definition) is 1. The van der Waals surface area contributed by atoms with E-state index in [1.165, 1.54) is 0 Å². The van der Waals surface area contributed by atoms with Crippen LogP contribution in [0.25, 0.3) is 0 Å². The van der Waals surface area contributed by atoms with Gasteiger partial charge in [0.2, 0.25) is 0 Å². The molecule has 60 valence electrons. The Bertz CT molecular complexity index is 192. The highest BCUT2D eigenvalue weighted by molar-refractivity contribution is 6.09. The molecule has 0 saturated carbocycles. The van der Waals surface area contributed by atoms with Crippen molar-refractivity contribution >= 4 is 29.2 Å². The van der Waals surface area contributed by atoms with Crippen molar-refractivity contribution in [3.05, 3.63) is 29.8 Å². The molecule has 1 nitrogen and oxygen atoms in total. The molecule has 0 bridgehead atoms. The number of hydrogen-bond donors (Lipinski definition) is 0. The number of para-hydroxylation sites is 1. The van der Waals surface area contributed by atoms with Crippen LogP contribution in [0.3, 0.4) is 0 Å². The van der Waals surface area contributed by atoms with Crippen LogP contribution < -0.4 is 4.29 Å². The van der Waals surface area contributed by atoms with E-state index in [0.29, 0.717) is 0 Å². The van der Waals surface area contributed by atoms with Crippen molar-refractivity contribution in [1.82, 2.24) is 0 Å². The zero-order chi connectivity index (χ0) is 7.40. The first kappa shape index (κ1) is 10.8. The lowest BCUT2D eigenvalue weighted by atomic mass is 10.1. The van der Waals surface area contributed by atoms with Crippen molar-refractivity contribution in [2.45, 2.75) is 13.3 Å². The average molecular weight is 187 g/mol. The summed E-state index contributed by atoms with van der Waals surface area (Å²) in [6.07, 6.45) is 0.947. The van der Waals surface area contributed by atoms with Gasteiger partial charge in [0.25, 0.3) is 0 Å². The van der Waals surface area contributed by atoms with Crippen LogP contribution in [0.1, 0.15) is 12.5 Å². The van der Waals surface area contributed by atoms with Gasteiger partial charge in [-0.2, -0.15) is 0 Å². The molecule has 0 fully saturated rings. The Morgan fingerprint density at radius 2 is 2.00 bits per heavy atom. The van der Waals surface area contributed by atoms with Crippen LogP contribution in [0.2, 0.25) is 0 Å². The second kappa shape index (κ2) is 5.49. The van der Waals surface area contributed by atoms with Gasteiger partial charge in [0.15, 0.2) is 17.4 Å². The molecule has 0 saturated heterocycles. The summed E-state index contributed by atoms with van der Waals surface area (Å²) < 4.78 is 4.61. The summed E-state index contributed by atoms with van der Waals surface area (Å²) in [5.74, 6) is 0.756. The van der Waals surface area contributed by atoms with E-state index in [2.05, 4.69) is 11.2 Å². The first-order valence-corrected chi connectivity index (χ1v) is 3.56. The van der Waals surface area contributed by atoms with E-state index in [0.717, 1.165) is 17.7 Å². The molecule has 1 aromatic carbocycles. The number of rotatable bonds is 2. The van der Waals surface area contributed by atoms with Gasteiger partial charge in [-0.15, -0.1) is 0 Å². The maximum absolute atomic E-state index is 5.21. The minimum Gasteiger partial charge on any atom is -0.385 e. The van der Waals surface area contributed by atoms with Gasteiger partial charge in [0.1, 0.15) is 17.6 Å². The number of halogens is 1. The maximum Gasteiger partial charge on any atom is 0.187 e. The van der Waals surface area contributed by atoms with Gasteiger partial charge < -0.3 is 4.29 Å². The summed E-state index contributed by atoms with van der Waals surface area (Å²) >= 11 is 5.21. The molecule has 0 atom stereocenters. The van der Waals surface area contributed by atoms with Crippen molar-refractivity contribution in [2.75, 3.05) is 0 Å². The fourth-order valence-corrected chi connectivity index (χ4v) is 1.02. The maximum atomic E-state index is 5.21. The van der Waals surface area contributed by atoms with Crippen molar-refractivity contribution in [1.29, 1.82) is 0 Å². The highest BCUT2D eigenvalue weighted by Crippen LogP contribution is 2.18. The minimum atomic E-state index is 0. The molecule has 0 aliphatic heterocycles. The number of benzene rings is 1. The molecule has 0 aromatic heterocycles. The molecule has 3 heteroatoms. The topological polar surface area (TPSA) is 9.23 Å². The van der Waals surface area contributed by atoms with Gasteiger partial charge >= 0.3 is 0 Å². The van der Waals surface area contributed by atoms with Crippen molar-refractivity contribution in [2.24, 2.45) is 0 Å². The highest BCUT2D eigenvalue weighted by atomic mass is 35.5. The smallest absolute Gasteiger partial charge is 0.187 e. The lowest BCUT2D eigenvalue weighted by Gasteiger charge is -2.00. The van der Waals surface area contributed by atoms with Gasteiger partial charge in [0.05, 0.1) is 0 Å². The largest absolute Gasteiger partial charge is 0.385 e. The molecule has 11 heavy (non-hydrogen) atoms. The SMILES string of the molecule is CCc1ccccc1OCl.[AlH3]. The third-order valence-corrected chi connectivity index (χ3v) is 1.60. The molecule has 0 heterocycles. The summed E-state index contributed by atoms with van der Waals surface area (Å²) in [7, 11) is 0. The molecule has 0 amide bonds. The quantitative estimate of drug-likeness (QED) is 0.638. The fourth-order valence-electron chi connectivity index (χ4n) is 0.871. The first-order chi connectivity index (χ1) is 4.88. The molecule has 0 spiro atoms. The molecule has 0 unspecified atom stereocenters. The molecule has 0 aliphatic carbocycles. The normalized spacial score (nSPS) is 8.55. The van der Waals surface area contributed by atoms with E-state index in [-0.39, 0.29) is 17.4 Å². The average Bonchev–Trinajstić information content (AvgIpc) is 2.04. The summed E-state index contributed by atoms with van der Waals surface area (Å²) in [6, 6.07) is 7.72. The Kier molecular flexibility index (Phi) is 5.41. The molecular formula is C8H12AlClO. The Hall–Kier alpha value is -0.158. The fraction of sp³-hybridized carbons (Fsp3) is 0.250. The van der Waals surface area contributed by atoms with Gasteiger partial charge in [-0.3, -0.25) is 0 Å². The predicted octanol–water partition coefficient (Wildman–Crippen LogP) is 1.60. The Labute approximate surface area is 82.6 Å². The molecule has 1 aromatic rings. The summed E-state index contributed by atoms with van der Waals surface area (Å²) in [5.41, 5.74) is 1.14. The van der Waals surface area contributed by atoms with Crippen LogP contribution in [0.4, 0.5) is 0 Å². The van der Waals surface area contributed by atoms with E-state index < -0.39 is 0 Å². The molecule has 0 aliphatic rings. The zero-order valence-corrected chi connectivity index (χ0v) is 6.56. The van der Waals surface area contributed by atoms with Crippen LogP contribution in [0.15, 0.2) is 24.3 Å². The third kappa shape index (κ3) is 2.75. The minimum absolute atomic E-state index is 0. The summed E-state index contributed by atoms with van der Waals surface area (Å²) in [4.78, 5) is 0. The van der Waals surface area contributed by atoms with Crippen LogP contribution >= 0.6 is 11.9 Å². The van der Waals surface area contributed by atoms with Gasteiger partial charge in [0, 0.05) is 0 Å². The van der Waals surface area contributed by atoms with Gasteiger partial charge in [-0.05, 0) is 18.1 Å². The Morgan fingerprint density at radius 1 is 1.36 bits per heavy atom.